The van der Waals surface area contributed by atoms with Crippen LogP contribution in [0.4, 0.5) is 5.69 Å². The van der Waals surface area contributed by atoms with Gasteiger partial charge in [-0.15, -0.1) is 0 Å². The zero-order valence-electron chi connectivity index (χ0n) is 14.2. The number of amides is 1. The van der Waals surface area contributed by atoms with E-state index in [9.17, 15) is 14.9 Å². The van der Waals surface area contributed by atoms with Crippen LogP contribution in [0.1, 0.15) is 41.4 Å². The van der Waals surface area contributed by atoms with Gasteiger partial charge in [-0.3, -0.25) is 14.9 Å². The number of halogens is 1. The summed E-state index contributed by atoms with van der Waals surface area (Å²) in [5.74, 6) is 0.474. The number of hydrogen-bond acceptors (Lipinski definition) is 4. The zero-order valence-corrected chi connectivity index (χ0v) is 15.0. The molecule has 1 aromatic heterocycles. The summed E-state index contributed by atoms with van der Waals surface area (Å²) in [5.41, 5.74) is -0.0588. The van der Waals surface area contributed by atoms with E-state index in [1.165, 1.54) is 29.5 Å². The van der Waals surface area contributed by atoms with Crippen molar-refractivity contribution in [3.63, 3.8) is 0 Å². The molecule has 1 amide bonds. The second kappa shape index (κ2) is 8.33. The number of carbonyl (C=O) groups excluding carboxylic acids is 1. The number of benzene rings is 1. The predicted octanol–water partition coefficient (Wildman–Crippen LogP) is 2.38. The molecule has 1 saturated heterocycles. The molecule has 7 nitrogen and oxygen atoms in total. The summed E-state index contributed by atoms with van der Waals surface area (Å²) < 4.78 is 5.57. The maximum Gasteiger partial charge on any atom is 0.288 e. The van der Waals surface area contributed by atoms with Crippen molar-refractivity contribution in [1.29, 1.82) is 0 Å². The van der Waals surface area contributed by atoms with Gasteiger partial charge in [0.2, 0.25) is 0 Å². The zero-order chi connectivity index (χ0) is 18.5. The third-order valence-corrected chi connectivity index (χ3v) is 5.07. The molecule has 1 atom stereocenters. The number of nitro groups is 1. The molecule has 0 saturated carbocycles. The molecule has 1 aromatic carbocycles. The minimum absolute atomic E-state index is 0.0118. The van der Waals surface area contributed by atoms with Crippen molar-refractivity contribution in [1.82, 2.24) is 5.32 Å². The Labute approximate surface area is 156 Å². The van der Waals surface area contributed by atoms with Gasteiger partial charge in [-0.1, -0.05) is 11.6 Å². The van der Waals surface area contributed by atoms with Crippen LogP contribution >= 0.6 is 11.6 Å². The number of nitro benzene ring substituents is 1. The average molecular weight is 379 g/mol. The number of furan rings is 1. The molecule has 1 aliphatic rings. The van der Waals surface area contributed by atoms with Crippen LogP contribution in [-0.4, -0.2) is 30.5 Å². The van der Waals surface area contributed by atoms with E-state index in [2.05, 4.69) is 5.32 Å². The first kappa shape index (κ1) is 18.4. The van der Waals surface area contributed by atoms with E-state index in [1.807, 2.05) is 12.1 Å². The van der Waals surface area contributed by atoms with Crippen molar-refractivity contribution >= 4 is 23.2 Å². The van der Waals surface area contributed by atoms with E-state index in [4.69, 9.17) is 16.0 Å². The lowest BCUT2D eigenvalue weighted by molar-refractivity contribution is -0.936. The van der Waals surface area contributed by atoms with E-state index in [0.29, 0.717) is 6.54 Å². The highest BCUT2D eigenvalue weighted by atomic mass is 35.5. The van der Waals surface area contributed by atoms with Crippen molar-refractivity contribution in [2.75, 3.05) is 19.6 Å². The Bertz CT molecular complexity index is 773. The van der Waals surface area contributed by atoms with Crippen LogP contribution in [0.5, 0.6) is 0 Å². The Balaban J connectivity index is 1.71. The SMILES string of the molecule is O=C(NC[C@H](c1ccco1)[NH+]1CCCCC1)c1ccc(Cl)c([N+](=O)[O-])c1. The van der Waals surface area contributed by atoms with Crippen molar-refractivity contribution in [2.45, 2.75) is 25.3 Å². The summed E-state index contributed by atoms with van der Waals surface area (Å²) in [6, 6.07) is 7.85. The number of rotatable bonds is 6. The first-order valence-electron chi connectivity index (χ1n) is 8.66. The maximum absolute atomic E-state index is 12.5. The fourth-order valence-electron chi connectivity index (χ4n) is 3.38. The molecule has 1 aliphatic heterocycles. The molecule has 2 N–H and O–H groups in total. The van der Waals surface area contributed by atoms with Crippen molar-refractivity contribution in [3.8, 4) is 0 Å². The number of likely N-dealkylation sites (tertiary alicyclic amines) is 1. The van der Waals surface area contributed by atoms with Gasteiger partial charge in [0.25, 0.3) is 11.6 Å². The Hall–Kier alpha value is -2.38. The topological polar surface area (TPSA) is 89.8 Å². The maximum atomic E-state index is 12.5. The van der Waals surface area contributed by atoms with Gasteiger partial charge in [0.05, 0.1) is 30.8 Å². The third-order valence-electron chi connectivity index (χ3n) is 4.75. The van der Waals surface area contributed by atoms with E-state index in [0.717, 1.165) is 31.7 Å². The van der Waals surface area contributed by atoms with Crippen LogP contribution in [-0.2, 0) is 0 Å². The molecule has 0 bridgehead atoms. The summed E-state index contributed by atoms with van der Waals surface area (Å²) in [6.45, 7) is 2.47. The van der Waals surface area contributed by atoms with E-state index < -0.39 is 4.92 Å². The van der Waals surface area contributed by atoms with Crippen molar-refractivity contribution in [3.05, 3.63) is 63.1 Å². The lowest BCUT2D eigenvalue weighted by Crippen LogP contribution is -3.13. The highest BCUT2D eigenvalue weighted by Gasteiger charge is 2.29. The van der Waals surface area contributed by atoms with Crippen LogP contribution in [0, 0.1) is 10.1 Å². The quantitative estimate of drug-likeness (QED) is 0.596. The molecule has 1 fully saturated rings. The monoisotopic (exact) mass is 378 g/mol. The highest BCUT2D eigenvalue weighted by Crippen LogP contribution is 2.25. The molecule has 26 heavy (non-hydrogen) atoms. The second-order valence-electron chi connectivity index (χ2n) is 6.42. The van der Waals surface area contributed by atoms with Gasteiger partial charge in [0.15, 0.2) is 11.8 Å². The predicted molar refractivity (Wildman–Crippen MR) is 96.4 cm³/mol. The standard InChI is InChI=1S/C18H20ClN3O4/c19-14-7-6-13(11-15(14)22(24)25)18(23)20-12-16(17-5-4-10-26-17)21-8-2-1-3-9-21/h4-7,10-11,16H,1-3,8-9,12H2,(H,20,23)/p+1/t16-/m1/s1. The Morgan fingerprint density at radius 3 is 2.73 bits per heavy atom. The molecular formula is C18H21ClN3O4+. The van der Waals surface area contributed by atoms with Crippen molar-refractivity contribution in [2.24, 2.45) is 0 Å². The lowest BCUT2D eigenvalue weighted by Gasteiger charge is -2.30. The number of hydrogen-bond donors (Lipinski definition) is 2. The summed E-state index contributed by atoms with van der Waals surface area (Å²) >= 11 is 5.80. The molecule has 3 rings (SSSR count). The molecule has 2 aromatic rings. The van der Waals surface area contributed by atoms with Crippen LogP contribution in [0.3, 0.4) is 0 Å². The molecule has 8 heteroatoms. The number of carbonyl (C=O) groups is 1. The Morgan fingerprint density at radius 2 is 2.08 bits per heavy atom. The van der Waals surface area contributed by atoms with Crippen molar-refractivity contribution < 1.29 is 19.0 Å². The summed E-state index contributed by atoms with van der Waals surface area (Å²) in [4.78, 5) is 24.3. The summed E-state index contributed by atoms with van der Waals surface area (Å²) in [5, 5.41) is 13.9. The van der Waals surface area contributed by atoms with Gasteiger partial charge in [-0.2, -0.15) is 0 Å². The Kier molecular flexibility index (Phi) is 5.90. The smallest absolute Gasteiger partial charge is 0.288 e. The molecule has 0 aliphatic carbocycles. The summed E-state index contributed by atoms with van der Waals surface area (Å²) in [7, 11) is 0. The third kappa shape index (κ3) is 4.23. The molecule has 0 unspecified atom stereocenters. The summed E-state index contributed by atoms with van der Waals surface area (Å²) in [6.07, 6.45) is 5.18. The largest absolute Gasteiger partial charge is 0.463 e. The van der Waals surface area contributed by atoms with Crippen LogP contribution in [0.25, 0.3) is 0 Å². The van der Waals surface area contributed by atoms with Gasteiger partial charge in [-0.25, -0.2) is 0 Å². The van der Waals surface area contributed by atoms with Gasteiger partial charge in [0, 0.05) is 11.6 Å². The fourth-order valence-corrected chi connectivity index (χ4v) is 3.57. The normalized spacial score (nSPS) is 16.2. The van der Waals surface area contributed by atoms with Crippen LogP contribution < -0.4 is 10.2 Å². The van der Waals surface area contributed by atoms with E-state index in [-0.39, 0.29) is 28.2 Å². The molecule has 0 radical (unpaired) electrons. The average Bonchev–Trinajstić information content (AvgIpc) is 3.17. The van der Waals surface area contributed by atoms with Gasteiger partial charge >= 0.3 is 0 Å². The first-order chi connectivity index (χ1) is 12.6. The minimum Gasteiger partial charge on any atom is -0.463 e. The lowest BCUT2D eigenvalue weighted by atomic mass is 10.1. The number of nitrogens with zero attached hydrogens (tertiary/aromatic N) is 1. The Morgan fingerprint density at radius 1 is 1.31 bits per heavy atom. The van der Waals surface area contributed by atoms with Gasteiger partial charge in [-0.05, 0) is 43.5 Å². The van der Waals surface area contributed by atoms with E-state index in [1.54, 1.807) is 6.26 Å². The minimum atomic E-state index is -0.595. The van der Waals surface area contributed by atoms with Gasteiger partial charge in [0.1, 0.15) is 5.02 Å². The van der Waals surface area contributed by atoms with Crippen LogP contribution in [0.2, 0.25) is 5.02 Å². The van der Waals surface area contributed by atoms with E-state index >= 15 is 0 Å². The number of quaternary nitrogens is 1. The highest BCUT2D eigenvalue weighted by molar-refractivity contribution is 6.32. The second-order valence-corrected chi connectivity index (χ2v) is 6.83. The molecular weight excluding hydrogens is 358 g/mol. The number of nitrogens with one attached hydrogen (secondary N) is 2. The van der Waals surface area contributed by atoms with Crippen LogP contribution in [0.15, 0.2) is 41.0 Å². The van der Waals surface area contributed by atoms with Gasteiger partial charge < -0.3 is 14.6 Å². The molecule has 0 spiro atoms. The fraction of sp³-hybridized carbons (Fsp3) is 0.389. The molecule has 2 heterocycles. The number of piperidine rings is 1. The molecule has 138 valence electrons. The first-order valence-corrected chi connectivity index (χ1v) is 9.04.